The molecule has 0 aromatic carbocycles. The van der Waals surface area contributed by atoms with Crippen molar-refractivity contribution >= 4 is 23.5 Å². The summed E-state index contributed by atoms with van der Waals surface area (Å²) in [5, 5.41) is 0. The maximum absolute atomic E-state index is 2.35. The van der Waals surface area contributed by atoms with Crippen LogP contribution in [0.5, 0.6) is 0 Å². The Morgan fingerprint density at radius 1 is 1.08 bits per heavy atom. The van der Waals surface area contributed by atoms with E-state index in [9.17, 15) is 0 Å². The second-order valence-electron chi connectivity index (χ2n) is 2.50. The normalized spacial score (nSPS) is 11.7. The molecule has 0 rings (SSSR count). The van der Waals surface area contributed by atoms with Gasteiger partial charge >= 0.3 is 0 Å². The number of hydrogen-bond acceptors (Lipinski definition) is 2. The fourth-order valence-electron chi connectivity index (χ4n) is 0.862. The van der Waals surface area contributed by atoms with Crippen molar-refractivity contribution in [2.75, 3.05) is 11.5 Å². The lowest BCUT2D eigenvalue weighted by Gasteiger charge is -2.08. The van der Waals surface area contributed by atoms with Gasteiger partial charge in [0.25, 0.3) is 0 Å². The number of thioether (sulfide) groups is 2. The van der Waals surface area contributed by atoms with Gasteiger partial charge in [-0.2, -0.15) is 0 Å². The fraction of sp³-hybridized carbons (Fsp3) is 0.800. The zero-order chi connectivity index (χ0) is 9.23. The van der Waals surface area contributed by atoms with Gasteiger partial charge in [0.2, 0.25) is 0 Å². The second-order valence-corrected chi connectivity index (χ2v) is 5.63. The molecule has 0 spiro atoms. The largest absolute Gasteiger partial charge is 0.144 e. The summed E-state index contributed by atoms with van der Waals surface area (Å²) in [7, 11) is 0. The lowest BCUT2D eigenvalue weighted by Crippen LogP contribution is -1.92. The Morgan fingerprint density at radius 3 is 2.08 bits per heavy atom. The molecule has 0 saturated heterocycles. The fourth-order valence-corrected chi connectivity index (χ4v) is 3.16. The molecule has 0 aliphatic carbocycles. The first-order valence-electron chi connectivity index (χ1n) is 4.74. The minimum absolute atomic E-state index is 0.687. The summed E-state index contributed by atoms with van der Waals surface area (Å²) in [5.41, 5.74) is 0. The topological polar surface area (TPSA) is 0 Å². The van der Waals surface area contributed by atoms with E-state index < -0.39 is 0 Å². The van der Waals surface area contributed by atoms with Crippen LogP contribution in [0.1, 0.15) is 33.6 Å². The van der Waals surface area contributed by atoms with Crippen molar-refractivity contribution in [1.29, 1.82) is 0 Å². The molecule has 0 unspecified atom stereocenters. The molecule has 0 N–H and O–H groups in total. The average molecular weight is 204 g/mol. The van der Waals surface area contributed by atoms with E-state index in [1.807, 2.05) is 23.5 Å². The average Bonchev–Trinajstić information content (AvgIpc) is 2.06. The standard InChI is InChI=1S/C10H20S2/c1-4-7-8-9-10(11-5-2)12-6-3/h8-10H,4-7H2,1-3H3/b9-8+. The molecule has 12 heavy (non-hydrogen) atoms. The smallest absolute Gasteiger partial charge is 0.0681 e. The van der Waals surface area contributed by atoms with E-state index in [1.54, 1.807) is 0 Å². The van der Waals surface area contributed by atoms with Crippen LogP contribution in [0.2, 0.25) is 0 Å². The van der Waals surface area contributed by atoms with Gasteiger partial charge in [-0.25, -0.2) is 0 Å². The predicted octanol–water partition coefficient (Wildman–Crippen LogP) is 4.18. The van der Waals surface area contributed by atoms with Crippen LogP contribution in [0.3, 0.4) is 0 Å². The van der Waals surface area contributed by atoms with Gasteiger partial charge in [0, 0.05) is 0 Å². The van der Waals surface area contributed by atoms with Gasteiger partial charge in [0.1, 0.15) is 0 Å². The van der Waals surface area contributed by atoms with Crippen LogP contribution >= 0.6 is 23.5 Å². The van der Waals surface area contributed by atoms with Crippen LogP contribution in [0, 0.1) is 0 Å². The summed E-state index contributed by atoms with van der Waals surface area (Å²) in [6, 6.07) is 0. The van der Waals surface area contributed by atoms with Crippen molar-refractivity contribution in [2.45, 2.75) is 38.2 Å². The van der Waals surface area contributed by atoms with Crippen molar-refractivity contribution in [1.82, 2.24) is 0 Å². The maximum atomic E-state index is 2.35. The Morgan fingerprint density at radius 2 is 1.67 bits per heavy atom. The van der Waals surface area contributed by atoms with Crippen LogP contribution in [-0.4, -0.2) is 16.1 Å². The summed E-state index contributed by atoms with van der Waals surface area (Å²) in [6.07, 6.45) is 7.16. The van der Waals surface area contributed by atoms with Gasteiger partial charge in [-0.05, 0) is 17.9 Å². The van der Waals surface area contributed by atoms with Gasteiger partial charge < -0.3 is 0 Å². The van der Waals surface area contributed by atoms with Crippen LogP contribution < -0.4 is 0 Å². The number of hydrogen-bond donors (Lipinski definition) is 0. The molecule has 0 nitrogen and oxygen atoms in total. The zero-order valence-corrected chi connectivity index (χ0v) is 10.0. The van der Waals surface area contributed by atoms with E-state index in [1.165, 1.54) is 24.3 Å². The zero-order valence-electron chi connectivity index (χ0n) is 8.38. The van der Waals surface area contributed by atoms with Gasteiger partial charge in [-0.15, -0.1) is 23.5 Å². The molecular weight excluding hydrogens is 184 g/mol. The molecule has 0 heterocycles. The van der Waals surface area contributed by atoms with Crippen molar-refractivity contribution in [3.8, 4) is 0 Å². The molecule has 0 aromatic rings. The van der Waals surface area contributed by atoms with E-state index in [0.717, 1.165) is 0 Å². The lowest BCUT2D eigenvalue weighted by molar-refractivity contribution is 0.956. The van der Waals surface area contributed by atoms with Gasteiger partial charge in [-0.1, -0.05) is 39.3 Å². The molecule has 0 aromatic heterocycles. The molecule has 0 atom stereocenters. The Hall–Kier alpha value is 0.440. The maximum Gasteiger partial charge on any atom is 0.0681 e. The second kappa shape index (κ2) is 9.53. The highest BCUT2D eigenvalue weighted by atomic mass is 32.2. The van der Waals surface area contributed by atoms with Crippen molar-refractivity contribution in [3.05, 3.63) is 12.2 Å². The molecule has 72 valence electrons. The van der Waals surface area contributed by atoms with E-state index in [-0.39, 0.29) is 0 Å². The Bertz CT molecular complexity index is 104. The quantitative estimate of drug-likeness (QED) is 0.451. The third kappa shape index (κ3) is 7.11. The summed E-state index contributed by atoms with van der Waals surface area (Å²) >= 11 is 4.06. The monoisotopic (exact) mass is 204 g/mol. The molecule has 0 aliphatic heterocycles. The van der Waals surface area contributed by atoms with Crippen molar-refractivity contribution < 1.29 is 0 Å². The summed E-state index contributed by atoms with van der Waals surface area (Å²) in [6.45, 7) is 6.67. The van der Waals surface area contributed by atoms with E-state index in [0.29, 0.717) is 4.58 Å². The van der Waals surface area contributed by atoms with Crippen LogP contribution in [0.15, 0.2) is 12.2 Å². The molecule has 0 aliphatic rings. The predicted molar refractivity (Wildman–Crippen MR) is 64.1 cm³/mol. The molecule has 0 radical (unpaired) electrons. The molecule has 0 amide bonds. The Labute approximate surface area is 85.6 Å². The molecule has 0 saturated carbocycles. The first-order chi connectivity index (χ1) is 5.85. The number of unbranched alkanes of at least 4 members (excludes halogenated alkanes) is 1. The molecule has 0 bridgehead atoms. The third-order valence-corrected chi connectivity index (χ3v) is 3.86. The van der Waals surface area contributed by atoms with E-state index >= 15 is 0 Å². The first-order valence-corrected chi connectivity index (χ1v) is 6.84. The Kier molecular flexibility index (Phi) is 9.88. The third-order valence-electron chi connectivity index (χ3n) is 1.41. The highest BCUT2D eigenvalue weighted by molar-refractivity contribution is 8.17. The van der Waals surface area contributed by atoms with Crippen molar-refractivity contribution in [3.63, 3.8) is 0 Å². The SMILES string of the molecule is CCC/C=C/C(SCC)SCC. The van der Waals surface area contributed by atoms with Crippen LogP contribution in [0.4, 0.5) is 0 Å². The summed E-state index contributed by atoms with van der Waals surface area (Å²) in [5.74, 6) is 2.43. The van der Waals surface area contributed by atoms with Gasteiger partial charge in [-0.3, -0.25) is 0 Å². The molecular formula is C10H20S2. The molecule has 0 fully saturated rings. The minimum atomic E-state index is 0.687. The minimum Gasteiger partial charge on any atom is -0.144 e. The van der Waals surface area contributed by atoms with Gasteiger partial charge in [0.15, 0.2) is 0 Å². The van der Waals surface area contributed by atoms with E-state index in [2.05, 4.69) is 32.9 Å². The van der Waals surface area contributed by atoms with Gasteiger partial charge in [0.05, 0.1) is 4.58 Å². The summed E-state index contributed by atoms with van der Waals surface area (Å²) < 4.78 is 0.687. The van der Waals surface area contributed by atoms with Crippen LogP contribution in [-0.2, 0) is 0 Å². The number of rotatable bonds is 7. The first kappa shape index (κ1) is 12.4. The molecule has 2 heteroatoms. The van der Waals surface area contributed by atoms with Crippen molar-refractivity contribution in [2.24, 2.45) is 0 Å². The number of allylic oxidation sites excluding steroid dienone is 1. The highest BCUT2D eigenvalue weighted by Crippen LogP contribution is 2.24. The lowest BCUT2D eigenvalue weighted by atomic mass is 10.3. The summed E-state index contributed by atoms with van der Waals surface area (Å²) in [4.78, 5) is 0. The van der Waals surface area contributed by atoms with Crippen LogP contribution in [0.25, 0.3) is 0 Å². The Balaban J connectivity index is 3.60. The highest BCUT2D eigenvalue weighted by Gasteiger charge is 2.01. The van der Waals surface area contributed by atoms with E-state index in [4.69, 9.17) is 0 Å².